The average Bonchev–Trinajstić information content (AvgIpc) is 3.03. The van der Waals surface area contributed by atoms with Gasteiger partial charge in [0, 0.05) is 45.8 Å². The normalized spacial score (nSPS) is 19.7. The van der Waals surface area contributed by atoms with Crippen LogP contribution in [-0.4, -0.2) is 78.3 Å². The summed E-state index contributed by atoms with van der Waals surface area (Å²) < 4.78 is 10.8. The number of carbonyl (C=O) groups is 1. The predicted octanol–water partition coefficient (Wildman–Crippen LogP) is 1.81. The van der Waals surface area contributed by atoms with Crippen LogP contribution in [0.1, 0.15) is 31.2 Å². The van der Waals surface area contributed by atoms with Crippen LogP contribution in [0.25, 0.3) is 0 Å². The van der Waals surface area contributed by atoms with E-state index in [1.807, 2.05) is 18.2 Å². The van der Waals surface area contributed by atoms with Crippen LogP contribution >= 0.6 is 12.2 Å². The molecule has 4 rings (SSSR count). The van der Waals surface area contributed by atoms with Gasteiger partial charge in [0.15, 0.2) is 16.6 Å². The molecule has 158 valence electrons. The Morgan fingerprint density at radius 1 is 0.931 bits per heavy atom. The molecule has 3 aliphatic rings. The third-order valence-electron chi connectivity index (χ3n) is 5.86. The van der Waals surface area contributed by atoms with Gasteiger partial charge in [-0.3, -0.25) is 9.69 Å². The molecule has 1 aromatic rings. The molecule has 8 heteroatoms. The van der Waals surface area contributed by atoms with Crippen molar-refractivity contribution in [2.45, 2.75) is 32.2 Å². The van der Waals surface area contributed by atoms with Crippen LogP contribution in [0.4, 0.5) is 0 Å². The number of hydrogen-bond acceptors (Lipinski definition) is 5. The molecule has 0 saturated carbocycles. The molecule has 0 radical (unpaired) electrons. The molecule has 0 bridgehead atoms. The second-order valence-corrected chi connectivity index (χ2v) is 8.29. The number of nitrogens with one attached hydrogen (secondary N) is 1. The Kier molecular flexibility index (Phi) is 6.71. The van der Waals surface area contributed by atoms with Gasteiger partial charge in [-0.25, -0.2) is 0 Å². The largest absolute Gasteiger partial charge is 0.454 e. The van der Waals surface area contributed by atoms with Crippen LogP contribution in [0, 0.1) is 0 Å². The Morgan fingerprint density at radius 3 is 2.41 bits per heavy atom. The summed E-state index contributed by atoms with van der Waals surface area (Å²) in [4.78, 5) is 19.1. The van der Waals surface area contributed by atoms with Crippen LogP contribution < -0.4 is 14.8 Å². The molecule has 1 N–H and O–H groups in total. The van der Waals surface area contributed by atoms with E-state index in [4.69, 9.17) is 21.7 Å². The van der Waals surface area contributed by atoms with Gasteiger partial charge in [-0.05, 0) is 42.8 Å². The van der Waals surface area contributed by atoms with Gasteiger partial charge in [0.1, 0.15) is 0 Å². The van der Waals surface area contributed by atoms with Crippen molar-refractivity contribution in [1.29, 1.82) is 0 Å². The third kappa shape index (κ3) is 5.30. The Labute approximate surface area is 177 Å². The molecule has 7 nitrogen and oxygen atoms in total. The Morgan fingerprint density at radius 2 is 1.66 bits per heavy atom. The van der Waals surface area contributed by atoms with Gasteiger partial charge < -0.3 is 24.6 Å². The monoisotopic (exact) mass is 418 g/mol. The minimum atomic E-state index is 0.281. The van der Waals surface area contributed by atoms with Crippen molar-refractivity contribution in [3.63, 3.8) is 0 Å². The summed E-state index contributed by atoms with van der Waals surface area (Å²) >= 11 is 5.58. The van der Waals surface area contributed by atoms with Crippen molar-refractivity contribution in [3.8, 4) is 11.5 Å². The lowest BCUT2D eigenvalue weighted by molar-refractivity contribution is -0.132. The number of nitrogens with zero attached hydrogens (tertiary/aromatic N) is 3. The first-order chi connectivity index (χ1) is 14.2. The van der Waals surface area contributed by atoms with Crippen molar-refractivity contribution >= 4 is 23.2 Å². The maximum Gasteiger partial charge on any atom is 0.236 e. The molecule has 1 amide bonds. The lowest BCUT2D eigenvalue weighted by Crippen LogP contribution is -2.53. The van der Waals surface area contributed by atoms with Crippen molar-refractivity contribution in [1.82, 2.24) is 20.0 Å². The van der Waals surface area contributed by atoms with E-state index in [1.165, 1.54) is 12.8 Å². The van der Waals surface area contributed by atoms with E-state index in [2.05, 4.69) is 20.0 Å². The van der Waals surface area contributed by atoms with Crippen LogP contribution in [0.15, 0.2) is 18.2 Å². The van der Waals surface area contributed by atoms with E-state index in [0.717, 1.165) is 74.3 Å². The Bertz CT molecular complexity index is 729. The molecule has 0 spiro atoms. The number of ether oxygens (including phenoxy) is 2. The van der Waals surface area contributed by atoms with Gasteiger partial charge in [-0.2, -0.15) is 0 Å². The quantitative estimate of drug-likeness (QED) is 0.749. The molecule has 1 aromatic carbocycles. The van der Waals surface area contributed by atoms with Gasteiger partial charge in [0.2, 0.25) is 12.7 Å². The summed E-state index contributed by atoms with van der Waals surface area (Å²) in [6.45, 7) is 6.75. The molecule has 0 unspecified atom stereocenters. The lowest BCUT2D eigenvalue weighted by Gasteiger charge is -2.36. The third-order valence-corrected chi connectivity index (χ3v) is 6.26. The molecule has 0 aliphatic carbocycles. The summed E-state index contributed by atoms with van der Waals surface area (Å²) in [5.41, 5.74) is 1.11. The summed E-state index contributed by atoms with van der Waals surface area (Å²) in [6.07, 6.45) is 4.78. The van der Waals surface area contributed by atoms with E-state index >= 15 is 0 Å². The summed E-state index contributed by atoms with van der Waals surface area (Å²) in [5, 5.41) is 4.11. The second kappa shape index (κ2) is 9.63. The molecule has 3 heterocycles. The SMILES string of the molecule is O=C(CN1CCN(C(=S)NCc2ccc3c(c2)OCO3)CC1)N1CCCCCC1. The fourth-order valence-corrected chi connectivity index (χ4v) is 4.32. The second-order valence-electron chi connectivity index (χ2n) is 7.90. The number of rotatable bonds is 4. The first-order valence-electron chi connectivity index (χ1n) is 10.6. The number of hydrogen-bond donors (Lipinski definition) is 1. The number of fused-ring (bicyclic) bond motifs is 1. The van der Waals surface area contributed by atoms with Gasteiger partial charge in [-0.15, -0.1) is 0 Å². The van der Waals surface area contributed by atoms with E-state index in [9.17, 15) is 4.79 Å². The Hall–Kier alpha value is -2.06. The van der Waals surface area contributed by atoms with Crippen molar-refractivity contribution in [3.05, 3.63) is 23.8 Å². The predicted molar refractivity (Wildman–Crippen MR) is 115 cm³/mol. The van der Waals surface area contributed by atoms with Crippen molar-refractivity contribution in [2.24, 2.45) is 0 Å². The molecule has 2 fully saturated rings. The highest BCUT2D eigenvalue weighted by Gasteiger charge is 2.23. The maximum absolute atomic E-state index is 12.6. The topological polar surface area (TPSA) is 57.3 Å². The summed E-state index contributed by atoms with van der Waals surface area (Å²) in [5.74, 6) is 1.86. The van der Waals surface area contributed by atoms with E-state index in [-0.39, 0.29) is 12.7 Å². The molecule has 0 aromatic heterocycles. The Balaban J connectivity index is 1.19. The highest BCUT2D eigenvalue weighted by atomic mass is 32.1. The van der Waals surface area contributed by atoms with Crippen LogP contribution in [-0.2, 0) is 11.3 Å². The average molecular weight is 419 g/mol. The van der Waals surface area contributed by atoms with E-state index < -0.39 is 0 Å². The maximum atomic E-state index is 12.6. The fraction of sp³-hybridized carbons (Fsp3) is 0.619. The molecule has 29 heavy (non-hydrogen) atoms. The van der Waals surface area contributed by atoms with Gasteiger partial charge >= 0.3 is 0 Å². The van der Waals surface area contributed by atoms with Gasteiger partial charge in [0.05, 0.1) is 6.54 Å². The minimum absolute atomic E-state index is 0.281. The van der Waals surface area contributed by atoms with Crippen molar-refractivity contribution in [2.75, 3.05) is 52.6 Å². The molecule has 0 atom stereocenters. The minimum Gasteiger partial charge on any atom is -0.454 e. The first-order valence-corrected chi connectivity index (χ1v) is 11.0. The number of piperazine rings is 1. The molecule has 3 aliphatic heterocycles. The molecular formula is C21H30N4O3S. The van der Waals surface area contributed by atoms with Gasteiger partial charge in [0.25, 0.3) is 0 Å². The van der Waals surface area contributed by atoms with Crippen LogP contribution in [0.2, 0.25) is 0 Å². The number of benzene rings is 1. The van der Waals surface area contributed by atoms with E-state index in [1.54, 1.807) is 0 Å². The van der Waals surface area contributed by atoms with Crippen LogP contribution in [0.5, 0.6) is 11.5 Å². The molecular weight excluding hydrogens is 388 g/mol. The standard InChI is InChI=1S/C21H30N4O3S/c26-20(24-7-3-1-2-4-8-24)15-23-9-11-25(12-10-23)21(29)22-14-17-5-6-18-19(13-17)28-16-27-18/h5-6,13H,1-4,7-12,14-16H2,(H,22,29). The first kappa shape index (κ1) is 20.2. The van der Waals surface area contributed by atoms with Crippen LogP contribution in [0.3, 0.4) is 0 Å². The van der Waals surface area contributed by atoms with Crippen molar-refractivity contribution < 1.29 is 14.3 Å². The summed E-state index contributed by atoms with van der Waals surface area (Å²) in [7, 11) is 0. The zero-order valence-corrected chi connectivity index (χ0v) is 17.7. The number of thiocarbonyl (C=S) groups is 1. The van der Waals surface area contributed by atoms with Gasteiger partial charge in [-0.1, -0.05) is 18.9 Å². The van der Waals surface area contributed by atoms with E-state index in [0.29, 0.717) is 13.1 Å². The fourth-order valence-electron chi connectivity index (χ4n) is 4.06. The highest BCUT2D eigenvalue weighted by molar-refractivity contribution is 7.80. The number of likely N-dealkylation sites (tertiary alicyclic amines) is 1. The smallest absolute Gasteiger partial charge is 0.236 e. The zero-order chi connectivity index (χ0) is 20.1. The number of amides is 1. The molecule has 2 saturated heterocycles. The number of carbonyl (C=O) groups excluding carboxylic acids is 1. The summed E-state index contributed by atoms with van der Waals surface area (Å²) in [6, 6.07) is 5.95. The lowest BCUT2D eigenvalue weighted by atomic mass is 10.2. The highest BCUT2D eigenvalue weighted by Crippen LogP contribution is 2.32. The zero-order valence-electron chi connectivity index (χ0n) is 16.9.